The van der Waals surface area contributed by atoms with Crippen LogP contribution in [0.3, 0.4) is 0 Å². The lowest BCUT2D eigenvalue weighted by atomic mass is 10.1. The third-order valence-electron chi connectivity index (χ3n) is 4.04. The van der Waals surface area contributed by atoms with E-state index in [0.29, 0.717) is 24.3 Å². The molecule has 130 valence electrons. The van der Waals surface area contributed by atoms with Crippen molar-refractivity contribution in [2.45, 2.75) is 6.04 Å². The topological polar surface area (TPSA) is 97.5 Å². The molecule has 1 saturated heterocycles. The third kappa shape index (κ3) is 4.13. The van der Waals surface area contributed by atoms with E-state index in [9.17, 15) is 9.59 Å². The van der Waals surface area contributed by atoms with E-state index < -0.39 is 17.9 Å². The van der Waals surface area contributed by atoms with E-state index in [0.717, 1.165) is 18.9 Å². The molecule has 1 aromatic heterocycles. The number of amides is 2. The standard InChI is InChI=1S/C18H20N4O3/c19-17(23)16(13-4-2-1-3-5-13)21-18(24)14-6-7-15(20-12-14)22-8-10-25-11-9-22/h1-7,12,16H,8-11H2,(H2,19,23)(H,21,24). The van der Waals surface area contributed by atoms with E-state index in [1.54, 1.807) is 36.4 Å². The average molecular weight is 340 g/mol. The van der Waals surface area contributed by atoms with Gasteiger partial charge < -0.3 is 20.7 Å². The Balaban J connectivity index is 1.70. The molecule has 1 atom stereocenters. The first-order valence-corrected chi connectivity index (χ1v) is 8.09. The van der Waals surface area contributed by atoms with Gasteiger partial charge in [0.2, 0.25) is 5.91 Å². The Hall–Kier alpha value is -2.93. The van der Waals surface area contributed by atoms with Crippen molar-refractivity contribution in [3.63, 3.8) is 0 Å². The highest BCUT2D eigenvalue weighted by Gasteiger charge is 2.21. The summed E-state index contributed by atoms with van der Waals surface area (Å²) in [5.74, 6) is -0.208. The number of primary amides is 1. The second-order valence-corrected chi connectivity index (χ2v) is 5.72. The monoisotopic (exact) mass is 340 g/mol. The molecule has 2 amide bonds. The largest absolute Gasteiger partial charge is 0.378 e. The van der Waals surface area contributed by atoms with Crippen LogP contribution in [0.1, 0.15) is 22.0 Å². The van der Waals surface area contributed by atoms with Gasteiger partial charge in [0.15, 0.2) is 0 Å². The number of ether oxygens (including phenoxy) is 1. The summed E-state index contributed by atoms with van der Waals surface area (Å²) in [4.78, 5) is 30.6. The zero-order valence-corrected chi connectivity index (χ0v) is 13.7. The van der Waals surface area contributed by atoms with Gasteiger partial charge in [-0.1, -0.05) is 30.3 Å². The lowest BCUT2D eigenvalue weighted by Crippen LogP contribution is -2.38. The Morgan fingerprint density at radius 3 is 2.44 bits per heavy atom. The van der Waals surface area contributed by atoms with Crippen LogP contribution < -0.4 is 16.0 Å². The Kier molecular flexibility index (Phi) is 5.25. The van der Waals surface area contributed by atoms with Crippen molar-refractivity contribution in [1.29, 1.82) is 0 Å². The van der Waals surface area contributed by atoms with E-state index in [2.05, 4.69) is 15.2 Å². The predicted octanol–water partition coefficient (Wildman–Crippen LogP) is 0.875. The minimum Gasteiger partial charge on any atom is -0.378 e. The van der Waals surface area contributed by atoms with Crippen LogP contribution in [0.25, 0.3) is 0 Å². The molecular formula is C18H20N4O3. The van der Waals surface area contributed by atoms with Crippen LogP contribution in [-0.2, 0) is 9.53 Å². The van der Waals surface area contributed by atoms with Gasteiger partial charge in [0.1, 0.15) is 11.9 Å². The van der Waals surface area contributed by atoms with Crippen LogP contribution in [0.2, 0.25) is 0 Å². The Morgan fingerprint density at radius 2 is 1.84 bits per heavy atom. The Morgan fingerprint density at radius 1 is 1.12 bits per heavy atom. The van der Waals surface area contributed by atoms with Crippen LogP contribution in [0, 0.1) is 0 Å². The van der Waals surface area contributed by atoms with Gasteiger partial charge in [0.05, 0.1) is 18.8 Å². The fourth-order valence-electron chi connectivity index (χ4n) is 2.68. The molecule has 7 heteroatoms. The van der Waals surface area contributed by atoms with Crippen molar-refractivity contribution in [1.82, 2.24) is 10.3 Å². The van der Waals surface area contributed by atoms with Gasteiger partial charge in [-0.15, -0.1) is 0 Å². The number of benzene rings is 1. The number of morpholine rings is 1. The first-order valence-electron chi connectivity index (χ1n) is 8.09. The molecule has 1 aliphatic heterocycles. The zero-order valence-electron chi connectivity index (χ0n) is 13.7. The molecule has 1 fully saturated rings. The number of anilines is 1. The summed E-state index contributed by atoms with van der Waals surface area (Å²) in [6, 6.07) is 11.5. The van der Waals surface area contributed by atoms with E-state index >= 15 is 0 Å². The third-order valence-corrected chi connectivity index (χ3v) is 4.04. The molecule has 0 saturated carbocycles. The maximum atomic E-state index is 12.4. The summed E-state index contributed by atoms with van der Waals surface area (Å²) in [7, 11) is 0. The van der Waals surface area contributed by atoms with Gasteiger partial charge in [-0.2, -0.15) is 0 Å². The fraction of sp³-hybridized carbons (Fsp3) is 0.278. The number of nitrogens with one attached hydrogen (secondary N) is 1. The van der Waals surface area contributed by atoms with Crippen LogP contribution in [0.5, 0.6) is 0 Å². The first kappa shape index (κ1) is 16.9. The molecule has 2 heterocycles. The fourth-order valence-corrected chi connectivity index (χ4v) is 2.68. The number of carbonyl (C=O) groups is 2. The molecule has 0 spiro atoms. The smallest absolute Gasteiger partial charge is 0.253 e. The number of hydrogen-bond acceptors (Lipinski definition) is 5. The number of rotatable bonds is 5. The maximum Gasteiger partial charge on any atom is 0.253 e. The van der Waals surface area contributed by atoms with Crippen molar-refractivity contribution in [2.75, 3.05) is 31.2 Å². The first-order chi connectivity index (χ1) is 12.1. The molecule has 0 bridgehead atoms. The van der Waals surface area contributed by atoms with Gasteiger partial charge in [-0.05, 0) is 17.7 Å². The quantitative estimate of drug-likeness (QED) is 0.842. The zero-order chi connectivity index (χ0) is 17.6. The minimum atomic E-state index is -0.882. The van der Waals surface area contributed by atoms with Crippen LogP contribution in [0.4, 0.5) is 5.82 Å². The minimum absolute atomic E-state index is 0.374. The second kappa shape index (κ2) is 7.76. The highest BCUT2D eigenvalue weighted by atomic mass is 16.5. The molecule has 0 radical (unpaired) electrons. The van der Waals surface area contributed by atoms with E-state index in [1.165, 1.54) is 6.20 Å². The summed E-state index contributed by atoms with van der Waals surface area (Å²) in [5, 5.41) is 2.66. The molecule has 7 nitrogen and oxygen atoms in total. The number of hydrogen-bond donors (Lipinski definition) is 2. The highest BCUT2D eigenvalue weighted by Crippen LogP contribution is 2.15. The molecule has 25 heavy (non-hydrogen) atoms. The average Bonchev–Trinajstić information content (AvgIpc) is 2.67. The second-order valence-electron chi connectivity index (χ2n) is 5.72. The molecule has 1 unspecified atom stereocenters. The summed E-state index contributed by atoms with van der Waals surface area (Å²) in [6.07, 6.45) is 1.50. The molecule has 3 rings (SSSR count). The molecule has 1 aliphatic rings. The van der Waals surface area contributed by atoms with Gasteiger partial charge in [0.25, 0.3) is 5.91 Å². The van der Waals surface area contributed by atoms with Gasteiger partial charge in [-0.3, -0.25) is 9.59 Å². The van der Waals surface area contributed by atoms with E-state index in [4.69, 9.17) is 10.5 Å². The van der Waals surface area contributed by atoms with Crippen LogP contribution in [-0.4, -0.2) is 43.1 Å². The van der Waals surface area contributed by atoms with Crippen molar-refractivity contribution in [2.24, 2.45) is 5.73 Å². The van der Waals surface area contributed by atoms with Crippen molar-refractivity contribution >= 4 is 17.6 Å². The summed E-state index contributed by atoms with van der Waals surface area (Å²) in [5.41, 5.74) is 6.44. The SMILES string of the molecule is NC(=O)C(NC(=O)c1ccc(N2CCOCC2)nc1)c1ccccc1. The van der Waals surface area contributed by atoms with E-state index in [1.807, 2.05) is 6.07 Å². The van der Waals surface area contributed by atoms with Crippen molar-refractivity contribution in [3.8, 4) is 0 Å². The van der Waals surface area contributed by atoms with Gasteiger partial charge in [0, 0.05) is 19.3 Å². The molecule has 3 N–H and O–H groups in total. The summed E-state index contributed by atoms with van der Waals surface area (Å²) in [6.45, 7) is 2.88. The Labute approximate surface area is 145 Å². The molecule has 2 aromatic rings. The maximum absolute atomic E-state index is 12.4. The molecular weight excluding hydrogens is 320 g/mol. The van der Waals surface area contributed by atoms with Crippen LogP contribution >= 0.6 is 0 Å². The number of nitrogens with zero attached hydrogens (tertiary/aromatic N) is 2. The number of nitrogens with two attached hydrogens (primary N) is 1. The lowest BCUT2D eigenvalue weighted by molar-refractivity contribution is -0.120. The summed E-state index contributed by atoms with van der Waals surface area (Å²) < 4.78 is 5.31. The van der Waals surface area contributed by atoms with Gasteiger partial charge in [-0.25, -0.2) is 4.98 Å². The predicted molar refractivity (Wildman–Crippen MR) is 93.1 cm³/mol. The number of pyridine rings is 1. The molecule has 0 aliphatic carbocycles. The lowest BCUT2D eigenvalue weighted by Gasteiger charge is -2.27. The van der Waals surface area contributed by atoms with Crippen molar-refractivity contribution in [3.05, 3.63) is 59.8 Å². The molecule has 1 aromatic carbocycles. The van der Waals surface area contributed by atoms with Crippen molar-refractivity contribution < 1.29 is 14.3 Å². The Bertz CT molecular complexity index is 728. The number of aromatic nitrogens is 1. The van der Waals surface area contributed by atoms with Crippen LogP contribution in [0.15, 0.2) is 48.7 Å². The summed E-state index contributed by atoms with van der Waals surface area (Å²) >= 11 is 0. The normalized spacial score (nSPS) is 15.4. The number of carbonyl (C=O) groups excluding carboxylic acids is 2. The highest BCUT2D eigenvalue weighted by molar-refractivity contribution is 5.97. The van der Waals surface area contributed by atoms with Gasteiger partial charge >= 0.3 is 0 Å². The van der Waals surface area contributed by atoms with E-state index in [-0.39, 0.29) is 0 Å².